The number of nitrogens with one attached hydrogen (secondary N) is 2. The summed E-state index contributed by atoms with van der Waals surface area (Å²) in [6, 6.07) is 31.3. The number of carbonyl (C=O) groups is 4. The number of hydrogen-bond donors (Lipinski definition) is 6. The highest BCUT2D eigenvalue weighted by Gasteiger charge is 2.36. The minimum atomic E-state index is -3.98. The fraction of sp³-hybridized carbons (Fsp3) is 0.333. The van der Waals surface area contributed by atoms with Crippen molar-refractivity contribution in [3.63, 3.8) is 0 Å². The first-order valence-corrected chi connectivity index (χ1v) is 22.5. The Morgan fingerprint density at radius 1 is 0.544 bits per heavy atom. The van der Waals surface area contributed by atoms with Crippen LogP contribution >= 0.6 is 14.7 Å². The minimum absolute atomic E-state index is 0.0595. The van der Waals surface area contributed by atoms with Crippen LogP contribution in [0.25, 0.3) is 22.3 Å². The maximum Gasteiger partial charge on any atom is 0.336 e. The van der Waals surface area contributed by atoms with Crippen LogP contribution in [0.2, 0.25) is 0 Å². The zero-order valence-corrected chi connectivity index (χ0v) is 34.3. The summed E-state index contributed by atoms with van der Waals surface area (Å²) < 4.78 is 30.9. The van der Waals surface area contributed by atoms with Crippen molar-refractivity contribution >= 4 is 38.5 Å². The number of esters is 2. The molecule has 8 N–H and O–H groups in total. The van der Waals surface area contributed by atoms with Crippen LogP contribution < -0.4 is 22.1 Å². The standard InChI is InChI=1S/C42H52N4O9P2/c1-27(45-39(47)37(25-56(51,52)29(3)43)23-31-15-19-35(20-16-31)33-11-7-5-8-12-33)41(49)55-42(50)28(2)46-40(48)38(26-57(53,54)30(4)44)24-32-17-21-36(22-18-32)34-13-9-6-10-14-34/h5-22,27-30,37-38H,23-26,43-44H2,1-4H3,(H,45,47)(H,46,48)(H,51,52)(H,53,54). The molecule has 57 heavy (non-hydrogen) atoms. The third kappa shape index (κ3) is 13.1. The highest BCUT2D eigenvalue weighted by Crippen LogP contribution is 2.47. The Balaban J connectivity index is 1.39. The summed E-state index contributed by atoms with van der Waals surface area (Å²) in [5, 5.41) is 4.97. The van der Waals surface area contributed by atoms with Crippen molar-refractivity contribution in [2.75, 3.05) is 12.3 Å². The Kier molecular flexibility index (Phi) is 15.9. The molecule has 0 fully saturated rings. The molecule has 0 aliphatic rings. The van der Waals surface area contributed by atoms with Gasteiger partial charge in [-0.15, -0.1) is 0 Å². The number of ether oxygens (including phenoxy) is 1. The van der Waals surface area contributed by atoms with Gasteiger partial charge < -0.3 is 36.6 Å². The van der Waals surface area contributed by atoms with Crippen LogP contribution in [-0.4, -0.2) is 69.5 Å². The lowest BCUT2D eigenvalue weighted by Crippen LogP contribution is -2.48. The predicted octanol–water partition coefficient (Wildman–Crippen LogP) is 5.27. The highest BCUT2D eigenvalue weighted by atomic mass is 31.2. The first kappa shape index (κ1) is 45.0. The molecule has 0 aromatic heterocycles. The average molecular weight is 819 g/mol. The summed E-state index contributed by atoms with van der Waals surface area (Å²) >= 11 is 0. The summed E-state index contributed by atoms with van der Waals surface area (Å²) in [4.78, 5) is 74.2. The van der Waals surface area contributed by atoms with Crippen LogP contribution in [-0.2, 0) is 45.9 Å². The normalized spacial score (nSPS) is 16.6. The minimum Gasteiger partial charge on any atom is -0.390 e. The number of nitrogens with two attached hydrogens (primary N) is 2. The highest BCUT2D eigenvalue weighted by molar-refractivity contribution is 7.59. The molecule has 8 unspecified atom stereocenters. The van der Waals surface area contributed by atoms with E-state index in [9.17, 15) is 38.1 Å². The van der Waals surface area contributed by atoms with Gasteiger partial charge in [-0.3, -0.25) is 18.7 Å². The molecule has 8 atom stereocenters. The summed E-state index contributed by atoms with van der Waals surface area (Å²) in [5.41, 5.74) is 16.8. The van der Waals surface area contributed by atoms with Gasteiger partial charge in [0.05, 0.1) is 23.4 Å². The Labute approximate surface area is 333 Å². The second-order valence-electron chi connectivity index (χ2n) is 14.5. The van der Waals surface area contributed by atoms with Gasteiger partial charge in [-0.1, -0.05) is 109 Å². The van der Waals surface area contributed by atoms with Crippen molar-refractivity contribution in [1.29, 1.82) is 0 Å². The van der Waals surface area contributed by atoms with E-state index in [2.05, 4.69) is 10.6 Å². The van der Waals surface area contributed by atoms with E-state index in [4.69, 9.17) is 16.2 Å². The molecular formula is C42H52N4O9P2. The van der Waals surface area contributed by atoms with E-state index < -0.39 is 86.3 Å². The fourth-order valence-corrected chi connectivity index (χ4v) is 8.52. The van der Waals surface area contributed by atoms with E-state index in [1.165, 1.54) is 27.7 Å². The summed E-state index contributed by atoms with van der Waals surface area (Å²) in [6.07, 6.45) is -0.792. The van der Waals surface area contributed by atoms with Crippen molar-refractivity contribution in [1.82, 2.24) is 10.6 Å². The topological polar surface area (TPSA) is 228 Å². The number of rotatable bonds is 18. The molecule has 4 rings (SSSR count). The molecule has 304 valence electrons. The molecule has 0 aliphatic heterocycles. The number of amides is 2. The van der Waals surface area contributed by atoms with Gasteiger partial charge >= 0.3 is 11.9 Å². The van der Waals surface area contributed by atoms with Gasteiger partial charge in [0.15, 0.2) is 0 Å². The monoisotopic (exact) mass is 818 g/mol. The largest absolute Gasteiger partial charge is 0.390 e. The Bertz CT molecular complexity index is 1930. The van der Waals surface area contributed by atoms with Gasteiger partial charge in [0.2, 0.25) is 26.6 Å². The van der Waals surface area contributed by atoms with E-state index in [1.807, 2.05) is 109 Å². The first-order valence-electron chi connectivity index (χ1n) is 18.7. The lowest BCUT2D eigenvalue weighted by Gasteiger charge is -2.24. The maximum atomic E-state index is 13.5. The van der Waals surface area contributed by atoms with Crippen LogP contribution in [0.5, 0.6) is 0 Å². The molecule has 15 heteroatoms. The summed E-state index contributed by atoms with van der Waals surface area (Å²) in [5.74, 6) is -8.05. The molecule has 0 aliphatic carbocycles. The molecular weight excluding hydrogens is 766 g/mol. The number of benzene rings is 4. The van der Waals surface area contributed by atoms with Crippen molar-refractivity contribution in [2.45, 2.75) is 64.2 Å². The lowest BCUT2D eigenvalue weighted by molar-refractivity contribution is -0.163. The van der Waals surface area contributed by atoms with Crippen LogP contribution in [0.1, 0.15) is 38.8 Å². The molecule has 4 aromatic rings. The van der Waals surface area contributed by atoms with Crippen molar-refractivity contribution in [3.05, 3.63) is 120 Å². The van der Waals surface area contributed by atoms with Gasteiger partial charge in [-0.25, -0.2) is 9.59 Å². The van der Waals surface area contributed by atoms with E-state index in [0.29, 0.717) is 11.1 Å². The molecule has 4 aromatic carbocycles. The van der Waals surface area contributed by atoms with Crippen LogP contribution in [0, 0.1) is 11.8 Å². The molecule has 13 nitrogen and oxygen atoms in total. The third-order valence-electron chi connectivity index (χ3n) is 9.69. The molecule has 0 heterocycles. The molecule has 0 saturated carbocycles. The van der Waals surface area contributed by atoms with E-state index in [-0.39, 0.29) is 12.8 Å². The number of hydrogen-bond acceptors (Lipinski definition) is 9. The Hall–Kier alpha value is -4.74. The second kappa shape index (κ2) is 20.1. The van der Waals surface area contributed by atoms with Gasteiger partial charge in [0, 0.05) is 12.3 Å². The zero-order chi connectivity index (χ0) is 41.9. The first-order chi connectivity index (χ1) is 26.9. The van der Waals surface area contributed by atoms with Gasteiger partial charge in [0.25, 0.3) is 0 Å². The van der Waals surface area contributed by atoms with E-state index in [0.717, 1.165) is 22.3 Å². The molecule has 0 bridgehead atoms. The Morgan fingerprint density at radius 2 is 0.842 bits per heavy atom. The second-order valence-corrected chi connectivity index (χ2v) is 19.9. The van der Waals surface area contributed by atoms with Crippen molar-refractivity contribution < 1.29 is 42.8 Å². The molecule has 0 radical (unpaired) electrons. The molecule has 2 amide bonds. The predicted molar refractivity (Wildman–Crippen MR) is 221 cm³/mol. The van der Waals surface area contributed by atoms with E-state index >= 15 is 0 Å². The van der Waals surface area contributed by atoms with Crippen LogP contribution in [0.4, 0.5) is 0 Å². The van der Waals surface area contributed by atoms with Gasteiger partial charge in [-0.2, -0.15) is 0 Å². The number of carbonyl (C=O) groups excluding carboxylic acids is 4. The average Bonchev–Trinajstić information content (AvgIpc) is 3.18. The molecule has 0 spiro atoms. The quantitative estimate of drug-likeness (QED) is 0.0431. The maximum absolute atomic E-state index is 13.5. The molecule has 0 saturated heterocycles. The zero-order valence-electron chi connectivity index (χ0n) is 32.5. The summed E-state index contributed by atoms with van der Waals surface area (Å²) in [7, 11) is -7.97. The smallest absolute Gasteiger partial charge is 0.336 e. The van der Waals surface area contributed by atoms with Crippen LogP contribution in [0.15, 0.2) is 109 Å². The van der Waals surface area contributed by atoms with Gasteiger partial charge in [-0.05, 0) is 73.9 Å². The Morgan fingerprint density at radius 3 is 1.14 bits per heavy atom. The van der Waals surface area contributed by atoms with Crippen LogP contribution in [0.3, 0.4) is 0 Å². The van der Waals surface area contributed by atoms with Gasteiger partial charge in [0.1, 0.15) is 12.1 Å². The summed E-state index contributed by atoms with van der Waals surface area (Å²) in [6.45, 7) is 5.34. The SMILES string of the molecule is CC(NC(=O)C(Cc1ccc(-c2ccccc2)cc1)CP(=O)(O)C(C)N)C(=O)OC(=O)C(C)NC(=O)C(Cc1ccc(-c2ccccc2)cc1)CP(=O)(O)C(C)N. The van der Waals surface area contributed by atoms with Crippen molar-refractivity contribution in [2.24, 2.45) is 23.3 Å². The third-order valence-corrected chi connectivity index (χ3v) is 14.2. The van der Waals surface area contributed by atoms with E-state index in [1.54, 1.807) is 0 Å². The van der Waals surface area contributed by atoms with Crippen molar-refractivity contribution in [3.8, 4) is 22.3 Å². The fourth-order valence-electron chi connectivity index (χ4n) is 6.00. The lowest BCUT2D eigenvalue weighted by atomic mass is 9.97.